The van der Waals surface area contributed by atoms with Gasteiger partial charge in [-0.3, -0.25) is 4.90 Å². The van der Waals surface area contributed by atoms with E-state index >= 15 is 0 Å². The first kappa shape index (κ1) is 17.3. The summed E-state index contributed by atoms with van der Waals surface area (Å²) < 4.78 is 13.5. The van der Waals surface area contributed by atoms with Crippen LogP contribution in [0.3, 0.4) is 0 Å². The van der Waals surface area contributed by atoms with Crippen LogP contribution in [-0.2, 0) is 20.8 Å². The molecular weight excluding hydrogens is 312 g/mol. The average molecular weight is 338 g/mol. The highest BCUT2D eigenvalue weighted by Gasteiger charge is 2.51. The van der Waals surface area contributed by atoms with Gasteiger partial charge in [-0.05, 0) is 32.6 Å². The van der Waals surface area contributed by atoms with Gasteiger partial charge in [0, 0.05) is 32.8 Å². The second kappa shape index (κ2) is 7.16. The Balaban J connectivity index is 1.63. The van der Waals surface area contributed by atoms with Crippen molar-refractivity contribution < 1.29 is 19.4 Å². The van der Waals surface area contributed by atoms with E-state index in [2.05, 4.69) is 15.1 Å². The number of carboxylic acids is 1. The summed E-state index contributed by atoms with van der Waals surface area (Å²) in [6.45, 7) is 4.46. The van der Waals surface area contributed by atoms with E-state index in [1.807, 2.05) is 11.5 Å². The number of hydrogen-bond acceptors (Lipinski definition) is 6. The van der Waals surface area contributed by atoms with Crippen molar-refractivity contribution >= 4 is 5.97 Å². The molecule has 0 aromatic carbocycles. The normalized spacial score (nSPS) is 30.4. The van der Waals surface area contributed by atoms with E-state index in [-0.39, 0.29) is 24.4 Å². The summed E-state index contributed by atoms with van der Waals surface area (Å²) >= 11 is 0. The number of aliphatic carboxylic acids is 1. The average Bonchev–Trinajstić information content (AvgIpc) is 3.14. The molecule has 0 spiro atoms. The first-order valence-electron chi connectivity index (χ1n) is 8.51. The van der Waals surface area contributed by atoms with Crippen LogP contribution in [0, 0.1) is 6.92 Å². The van der Waals surface area contributed by atoms with E-state index in [0.29, 0.717) is 0 Å². The molecule has 3 rings (SSSR count). The number of nitrogens with zero attached hydrogens (tertiary/aromatic N) is 4. The predicted octanol–water partition coefficient (Wildman–Crippen LogP) is 0.700. The number of methoxy groups -OCH3 is 1. The second-order valence-electron chi connectivity index (χ2n) is 6.74. The molecule has 0 unspecified atom stereocenters. The van der Waals surface area contributed by atoms with Crippen LogP contribution < -0.4 is 0 Å². The van der Waals surface area contributed by atoms with Crippen LogP contribution in [0.15, 0.2) is 6.33 Å². The van der Waals surface area contributed by atoms with E-state index in [1.54, 1.807) is 13.4 Å². The molecule has 2 heterocycles. The molecule has 2 aliphatic rings. The molecule has 8 nitrogen and oxygen atoms in total. The standard InChI is InChI=1S/C16H26N4O4/c1-12-18-17-11-20(12)8-7-19-6-5-16(23-2)4-3-13(9-14(16)19)24-10-15(21)22/h11,13-14H,3-10H2,1-2H3,(H,21,22)/t13-,14+,16-/m1/s1. The summed E-state index contributed by atoms with van der Waals surface area (Å²) in [7, 11) is 1.79. The number of carboxylic acid groups (broad SMARTS) is 1. The molecule has 24 heavy (non-hydrogen) atoms. The monoisotopic (exact) mass is 338 g/mol. The van der Waals surface area contributed by atoms with Gasteiger partial charge in [0.25, 0.3) is 0 Å². The number of rotatable bonds is 7. The van der Waals surface area contributed by atoms with Crippen LogP contribution in [0.2, 0.25) is 0 Å². The van der Waals surface area contributed by atoms with Gasteiger partial charge in [0.15, 0.2) is 0 Å². The summed E-state index contributed by atoms with van der Waals surface area (Å²) in [4.78, 5) is 13.2. The quantitative estimate of drug-likeness (QED) is 0.782. The van der Waals surface area contributed by atoms with Crippen LogP contribution in [0.4, 0.5) is 0 Å². The number of ether oxygens (including phenoxy) is 2. The Labute approximate surface area is 141 Å². The first-order valence-corrected chi connectivity index (χ1v) is 8.51. The zero-order chi connectivity index (χ0) is 17.2. The van der Waals surface area contributed by atoms with Crippen molar-refractivity contribution in [1.29, 1.82) is 0 Å². The zero-order valence-corrected chi connectivity index (χ0v) is 14.3. The molecule has 1 N–H and O–H groups in total. The lowest BCUT2D eigenvalue weighted by molar-refractivity contribution is -0.148. The number of aromatic nitrogens is 3. The third-order valence-electron chi connectivity index (χ3n) is 5.53. The minimum absolute atomic E-state index is 0.00776. The largest absolute Gasteiger partial charge is 0.480 e. The van der Waals surface area contributed by atoms with Crippen molar-refractivity contribution in [2.75, 3.05) is 26.8 Å². The van der Waals surface area contributed by atoms with Gasteiger partial charge in [-0.25, -0.2) is 4.79 Å². The Morgan fingerprint density at radius 1 is 1.46 bits per heavy atom. The zero-order valence-electron chi connectivity index (χ0n) is 14.3. The van der Waals surface area contributed by atoms with E-state index < -0.39 is 5.97 Å². The maximum atomic E-state index is 10.7. The molecule has 1 aromatic heterocycles. The van der Waals surface area contributed by atoms with Crippen molar-refractivity contribution in [3.05, 3.63) is 12.2 Å². The van der Waals surface area contributed by atoms with E-state index in [4.69, 9.17) is 14.6 Å². The fourth-order valence-corrected chi connectivity index (χ4v) is 4.13. The number of aryl methyl sites for hydroxylation is 1. The third kappa shape index (κ3) is 3.45. The van der Waals surface area contributed by atoms with Crippen molar-refractivity contribution in [1.82, 2.24) is 19.7 Å². The Morgan fingerprint density at radius 2 is 2.29 bits per heavy atom. The van der Waals surface area contributed by atoms with Crippen molar-refractivity contribution in [2.24, 2.45) is 0 Å². The summed E-state index contributed by atoms with van der Waals surface area (Å²) in [5.74, 6) is 0.00320. The summed E-state index contributed by atoms with van der Waals surface area (Å²) in [6.07, 6.45) is 5.36. The topological polar surface area (TPSA) is 89.7 Å². The van der Waals surface area contributed by atoms with Crippen molar-refractivity contribution in [3.63, 3.8) is 0 Å². The molecule has 134 valence electrons. The maximum absolute atomic E-state index is 10.7. The molecular formula is C16H26N4O4. The summed E-state index contributed by atoms with van der Waals surface area (Å²) in [5, 5.41) is 16.8. The molecule has 3 atom stereocenters. The lowest BCUT2D eigenvalue weighted by Crippen LogP contribution is -2.52. The van der Waals surface area contributed by atoms with Gasteiger partial charge in [0.2, 0.25) is 0 Å². The molecule has 1 saturated carbocycles. The number of fused-ring (bicyclic) bond motifs is 1. The van der Waals surface area contributed by atoms with Gasteiger partial charge in [-0.1, -0.05) is 0 Å². The van der Waals surface area contributed by atoms with Gasteiger partial charge >= 0.3 is 5.97 Å². The van der Waals surface area contributed by atoms with Gasteiger partial charge in [0.05, 0.1) is 11.7 Å². The Hall–Kier alpha value is -1.51. The minimum Gasteiger partial charge on any atom is -0.480 e. The predicted molar refractivity (Wildman–Crippen MR) is 85.7 cm³/mol. The van der Waals surface area contributed by atoms with Crippen molar-refractivity contribution in [3.8, 4) is 0 Å². The molecule has 8 heteroatoms. The lowest BCUT2D eigenvalue weighted by Gasteiger charge is -2.43. The molecule has 1 aliphatic carbocycles. The maximum Gasteiger partial charge on any atom is 0.329 e. The summed E-state index contributed by atoms with van der Waals surface area (Å²) in [5.41, 5.74) is -0.120. The van der Waals surface area contributed by atoms with Crippen LogP contribution in [-0.4, -0.2) is 75.3 Å². The second-order valence-corrected chi connectivity index (χ2v) is 6.74. The molecule has 1 aromatic rings. The molecule has 1 aliphatic heterocycles. The van der Waals surface area contributed by atoms with Gasteiger partial charge in [0.1, 0.15) is 18.8 Å². The number of likely N-dealkylation sites (tertiary alicyclic amines) is 1. The van der Waals surface area contributed by atoms with Crippen molar-refractivity contribution in [2.45, 2.75) is 56.9 Å². The first-order chi connectivity index (χ1) is 11.5. The smallest absolute Gasteiger partial charge is 0.329 e. The highest BCUT2D eigenvalue weighted by molar-refractivity contribution is 5.68. The molecule has 0 radical (unpaired) electrons. The van der Waals surface area contributed by atoms with E-state index in [9.17, 15) is 4.79 Å². The molecule has 1 saturated heterocycles. The SMILES string of the molecule is CO[C@@]12CC[C@@H](OCC(=O)O)C[C@@H]1N(CCn1cnnc1C)CC2. The highest BCUT2D eigenvalue weighted by Crippen LogP contribution is 2.43. The molecule has 2 fully saturated rings. The number of carbonyl (C=O) groups is 1. The Morgan fingerprint density at radius 3 is 2.96 bits per heavy atom. The third-order valence-corrected chi connectivity index (χ3v) is 5.53. The Kier molecular flexibility index (Phi) is 5.17. The van der Waals surface area contributed by atoms with Gasteiger partial charge in [-0.15, -0.1) is 10.2 Å². The van der Waals surface area contributed by atoms with E-state index in [1.165, 1.54) is 0 Å². The van der Waals surface area contributed by atoms with Crippen LogP contribution in [0.1, 0.15) is 31.5 Å². The minimum atomic E-state index is -0.912. The Bertz CT molecular complexity index is 578. The summed E-state index contributed by atoms with van der Waals surface area (Å²) in [6, 6.07) is 0.270. The van der Waals surface area contributed by atoms with Gasteiger partial charge in [-0.2, -0.15) is 0 Å². The molecule has 0 amide bonds. The van der Waals surface area contributed by atoms with Crippen LogP contribution >= 0.6 is 0 Å². The lowest BCUT2D eigenvalue weighted by atomic mass is 9.79. The van der Waals surface area contributed by atoms with Crippen LogP contribution in [0.5, 0.6) is 0 Å². The number of hydrogen-bond donors (Lipinski definition) is 1. The highest BCUT2D eigenvalue weighted by atomic mass is 16.5. The fourth-order valence-electron chi connectivity index (χ4n) is 4.13. The van der Waals surface area contributed by atoms with Gasteiger partial charge < -0.3 is 19.1 Å². The van der Waals surface area contributed by atoms with E-state index in [0.717, 1.165) is 51.1 Å². The fraction of sp³-hybridized carbons (Fsp3) is 0.812. The van der Waals surface area contributed by atoms with Crippen LogP contribution in [0.25, 0.3) is 0 Å². The molecule has 0 bridgehead atoms.